The van der Waals surface area contributed by atoms with Crippen molar-refractivity contribution in [2.45, 2.75) is 20.3 Å². The third-order valence-corrected chi connectivity index (χ3v) is 0. The quantitative estimate of drug-likeness (QED) is 0.407. The zero-order chi connectivity index (χ0) is 5.41. The first-order valence-corrected chi connectivity index (χ1v) is 1.93. The molecular weight excluding hydrogens is 78.8 g/mol. The molecule has 0 spiro atoms. The van der Waals surface area contributed by atoms with Crippen LogP contribution in [0.5, 0.6) is 0 Å². The second-order valence-electron chi connectivity index (χ2n) is 0.823. The van der Waals surface area contributed by atoms with Crippen LogP contribution in [0.15, 0.2) is 0 Å². The highest BCUT2D eigenvalue weighted by Crippen LogP contribution is 1.56. The summed E-state index contributed by atoms with van der Waals surface area (Å²) in [6.45, 7) is 4.25. The van der Waals surface area contributed by atoms with Crippen LogP contribution in [0.4, 0.5) is 0 Å². The Labute approximate surface area is 39.1 Å². The minimum Gasteiger partial charge on any atom is -0.429 e. The Morgan fingerprint density at radius 2 is 1.33 bits per heavy atom. The Kier molecular flexibility index (Phi) is 31.4. The zero-order valence-corrected chi connectivity index (χ0v) is 4.18. The topological polar surface area (TPSA) is 40.5 Å². The summed E-state index contributed by atoms with van der Waals surface area (Å²) in [6.07, 6.45) is 1.25. The van der Waals surface area contributed by atoms with Gasteiger partial charge in [0, 0.05) is 0 Å². The fourth-order valence-electron chi connectivity index (χ4n) is 0. The van der Waals surface area contributed by atoms with Crippen LogP contribution < -0.4 is 0 Å². The van der Waals surface area contributed by atoms with E-state index in [9.17, 15) is 0 Å². The van der Waals surface area contributed by atoms with E-state index in [-0.39, 0.29) is 7.69 Å². The lowest BCUT2D eigenvalue weighted by molar-refractivity contribution is 0.448. The van der Waals surface area contributed by atoms with E-state index in [2.05, 4.69) is 13.8 Å². The molecule has 0 aromatic heterocycles. The van der Waals surface area contributed by atoms with Crippen LogP contribution in [0.2, 0.25) is 0 Å². The molecule has 0 bridgehead atoms. The van der Waals surface area contributed by atoms with E-state index in [4.69, 9.17) is 10.0 Å². The molecule has 0 aliphatic rings. The van der Waals surface area contributed by atoms with Gasteiger partial charge in [-0.25, -0.2) is 0 Å². The first-order chi connectivity index (χ1) is 2.83. The fraction of sp³-hybridized carbons (Fsp3) is 1.00. The van der Waals surface area contributed by atoms with Crippen molar-refractivity contribution < 1.29 is 10.0 Å². The Morgan fingerprint density at radius 1 is 1.33 bits per heavy atom. The van der Waals surface area contributed by atoms with Gasteiger partial charge in [-0.05, 0) is 0 Å². The van der Waals surface area contributed by atoms with Crippen molar-refractivity contribution in [2.75, 3.05) is 0 Å². The maximum Gasteiger partial charge on any atom is 0.482 e. The fourth-order valence-corrected chi connectivity index (χ4v) is 0. The lowest BCUT2D eigenvalue weighted by Gasteiger charge is -1.48. The summed E-state index contributed by atoms with van der Waals surface area (Å²) in [6, 6.07) is 0. The van der Waals surface area contributed by atoms with E-state index in [0.717, 1.165) is 0 Å². The van der Waals surface area contributed by atoms with Crippen molar-refractivity contribution in [3.8, 4) is 0 Å². The standard InChI is InChI=1S/C3H8.BH2O2/c1-3-2;2-1-3/h3H2,1-2H3;2-3H. The van der Waals surface area contributed by atoms with Gasteiger partial charge in [-0.15, -0.1) is 0 Å². The molecule has 0 heterocycles. The second-order valence-corrected chi connectivity index (χ2v) is 0.823. The van der Waals surface area contributed by atoms with E-state index >= 15 is 0 Å². The van der Waals surface area contributed by atoms with Crippen molar-refractivity contribution in [2.24, 2.45) is 0 Å². The Morgan fingerprint density at radius 3 is 1.33 bits per heavy atom. The molecule has 0 aromatic carbocycles. The molecule has 0 saturated carbocycles. The average molecular weight is 88.9 g/mol. The summed E-state index contributed by atoms with van der Waals surface area (Å²) in [5.41, 5.74) is 0. The van der Waals surface area contributed by atoms with E-state index in [1.807, 2.05) is 0 Å². The van der Waals surface area contributed by atoms with Gasteiger partial charge in [0.05, 0.1) is 0 Å². The molecule has 0 unspecified atom stereocenters. The van der Waals surface area contributed by atoms with E-state index in [0.29, 0.717) is 0 Å². The lowest BCUT2D eigenvalue weighted by Crippen LogP contribution is -1.75. The predicted octanol–water partition coefficient (Wildman–Crippen LogP) is -0.0785. The number of rotatable bonds is 0. The van der Waals surface area contributed by atoms with Gasteiger partial charge in [-0.2, -0.15) is 0 Å². The molecule has 2 nitrogen and oxygen atoms in total. The van der Waals surface area contributed by atoms with Gasteiger partial charge in [-0.1, -0.05) is 20.3 Å². The van der Waals surface area contributed by atoms with E-state index in [1.54, 1.807) is 0 Å². The number of hydrogen-bond donors (Lipinski definition) is 2. The average Bonchev–Trinajstić information content (AvgIpc) is 1.39. The van der Waals surface area contributed by atoms with Crippen molar-refractivity contribution in [3.63, 3.8) is 0 Å². The van der Waals surface area contributed by atoms with Gasteiger partial charge in [0.15, 0.2) is 0 Å². The molecule has 1 radical (unpaired) electrons. The highest BCUT2D eigenvalue weighted by Gasteiger charge is 1.51. The minimum absolute atomic E-state index is 0. The summed E-state index contributed by atoms with van der Waals surface area (Å²) in [5, 5.41) is 14.0. The van der Waals surface area contributed by atoms with Crippen molar-refractivity contribution >= 4 is 7.69 Å². The van der Waals surface area contributed by atoms with Crippen LogP contribution >= 0.6 is 0 Å². The lowest BCUT2D eigenvalue weighted by atomic mass is 10.5. The van der Waals surface area contributed by atoms with Crippen LogP contribution in [0.3, 0.4) is 0 Å². The van der Waals surface area contributed by atoms with Gasteiger partial charge in [0.2, 0.25) is 0 Å². The maximum atomic E-state index is 7.00. The first-order valence-electron chi connectivity index (χ1n) is 1.93. The van der Waals surface area contributed by atoms with Gasteiger partial charge in [-0.3, -0.25) is 0 Å². The smallest absolute Gasteiger partial charge is 0.429 e. The third-order valence-electron chi connectivity index (χ3n) is 0. The SMILES string of the molecule is CCC.O[B]O. The molecule has 0 atom stereocenters. The normalized spacial score (nSPS) is 5.33. The van der Waals surface area contributed by atoms with Gasteiger partial charge >= 0.3 is 7.69 Å². The Hall–Kier alpha value is -0.0151. The van der Waals surface area contributed by atoms with E-state index in [1.165, 1.54) is 6.42 Å². The largest absolute Gasteiger partial charge is 0.482 e. The molecule has 0 aliphatic carbocycles. The highest BCUT2D eigenvalue weighted by molar-refractivity contribution is 6.13. The van der Waals surface area contributed by atoms with Gasteiger partial charge in [0.1, 0.15) is 0 Å². The molecule has 0 fully saturated rings. The highest BCUT2D eigenvalue weighted by atomic mass is 16.4. The molecular formula is C3H10BO2. The van der Waals surface area contributed by atoms with Crippen molar-refractivity contribution in [1.29, 1.82) is 0 Å². The van der Waals surface area contributed by atoms with Crippen molar-refractivity contribution in [1.82, 2.24) is 0 Å². The summed E-state index contributed by atoms with van der Waals surface area (Å²) < 4.78 is 0. The predicted molar refractivity (Wildman–Crippen MR) is 26.2 cm³/mol. The van der Waals surface area contributed by atoms with E-state index < -0.39 is 0 Å². The summed E-state index contributed by atoms with van der Waals surface area (Å²) in [7, 11) is 0. The Bertz CT molecular complexity index is 10.8. The van der Waals surface area contributed by atoms with Gasteiger partial charge < -0.3 is 10.0 Å². The van der Waals surface area contributed by atoms with Crippen LogP contribution in [-0.2, 0) is 0 Å². The van der Waals surface area contributed by atoms with Crippen LogP contribution in [-0.4, -0.2) is 17.7 Å². The first kappa shape index (κ1) is 9.37. The molecule has 6 heavy (non-hydrogen) atoms. The van der Waals surface area contributed by atoms with Crippen molar-refractivity contribution in [3.05, 3.63) is 0 Å². The molecule has 0 saturated heterocycles. The summed E-state index contributed by atoms with van der Waals surface area (Å²) in [5.74, 6) is 0. The summed E-state index contributed by atoms with van der Waals surface area (Å²) in [4.78, 5) is 0. The minimum atomic E-state index is 0. The monoisotopic (exact) mass is 89.1 g/mol. The molecule has 37 valence electrons. The molecule has 0 amide bonds. The van der Waals surface area contributed by atoms with Crippen LogP contribution in [0.25, 0.3) is 0 Å². The second kappa shape index (κ2) is 20.1. The maximum absolute atomic E-state index is 7.00. The molecule has 0 aromatic rings. The van der Waals surface area contributed by atoms with Crippen LogP contribution in [0.1, 0.15) is 20.3 Å². The van der Waals surface area contributed by atoms with Gasteiger partial charge in [0.25, 0.3) is 0 Å². The third kappa shape index (κ3) is 156000. The number of hydrogen-bond acceptors (Lipinski definition) is 2. The Balaban J connectivity index is 0. The molecule has 0 rings (SSSR count). The molecule has 2 N–H and O–H groups in total. The molecule has 0 aliphatic heterocycles. The zero-order valence-electron chi connectivity index (χ0n) is 4.18. The molecule has 3 heteroatoms. The van der Waals surface area contributed by atoms with Crippen LogP contribution in [0, 0.1) is 0 Å². The summed E-state index contributed by atoms with van der Waals surface area (Å²) >= 11 is 0.